The van der Waals surface area contributed by atoms with Crippen molar-refractivity contribution in [3.8, 4) is 0 Å². The molecule has 0 radical (unpaired) electrons. The third-order valence-corrected chi connectivity index (χ3v) is 2.42. The van der Waals surface area contributed by atoms with Gasteiger partial charge in [0.1, 0.15) is 0 Å². The molecule has 0 saturated heterocycles. The molecule has 2 unspecified atom stereocenters. The molecule has 3 heteroatoms. The standard InChI is InChI=1S/C9H13ClN2/c1-6(7(2)10)9-8(3)11-4-5-12-9/h4-7H,1-3H3. The minimum absolute atomic E-state index is 0.0976. The lowest BCUT2D eigenvalue weighted by atomic mass is 10.0. The Morgan fingerprint density at radius 3 is 2.33 bits per heavy atom. The molecule has 1 rings (SSSR count). The average Bonchev–Trinajstić information content (AvgIpc) is 2.04. The molecule has 0 bridgehead atoms. The fraction of sp³-hybridized carbons (Fsp3) is 0.556. The van der Waals surface area contributed by atoms with Crippen LogP contribution in [0.15, 0.2) is 12.4 Å². The highest BCUT2D eigenvalue weighted by atomic mass is 35.5. The van der Waals surface area contributed by atoms with Gasteiger partial charge < -0.3 is 0 Å². The molecule has 12 heavy (non-hydrogen) atoms. The maximum absolute atomic E-state index is 5.97. The van der Waals surface area contributed by atoms with Crippen molar-refractivity contribution in [1.82, 2.24) is 9.97 Å². The van der Waals surface area contributed by atoms with Crippen LogP contribution in [0, 0.1) is 6.92 Å². The van der Waals surface area contributed by atoms with Gasteiger partial charge in [-0.15, -0.1) is 11.6 Å². The number of hydrogen-bond acceptors (Lipinski definition) is 2. The molecule has 0 aliphatic rings. The van der Waals surface area contributed by atoms with E-state index in [-0.39, 0.29) is 11.3 Å². The molecule has 2 atom stereocenters. The van der Waals surface area contributed by atoms with Gasteiger partial charge in [0, 0.05) is 23.7 Å². The van der Waals surface area contributed by atoms with E-state index in [0.29, 0.717) is 0 Å². The van der Waals surface area contributed by atoms with E-state index in [4.69, 9.17) is 11.6 Å². The highest BCUT2D eigenvalue weighted by molar-refractivity contribution is 6.20. The van der Waals surface area contributed by atoms with Crippen LogP contribution >= 0.6 is 11.6 Å². The molecule has 2 nitrogen and oxygen atoms in total. The van der Waals surface area contributed by atoms with Crippen molar-refractivity contribution < 1.29 is 0 Å². The van der Waals surface area contributed by atoms with Crippen molar-refractivity contribution in [3.05, 3.63) is 23.8 Å². The van der Waals surface area contributed by atoms with Gasteiger partial charge in [0.15, 0.2) is 0 Å². The van der Waals surface area contributed by atoms with Crippen LogP contribution in [0.5, 0.6) is 0 Å². The molecular formula is C9H13ClN2. The van der Waals surface area contributed by atoms with Gasteiger partial charge >= 0.3 is 0 Å². The van der Waals surface area contributed by atoms with E-state index in [9.17, 15) is 0 Å². The molecule has 66 valence electrons. The topological polar surface area (TPSA) is 25.8 Å². The van der Waals surface area contributed by atoms with Crippen LogP contribution in [0.3, 0.4) is 0 Å². The third kappa shape index (κ3) is 1.95. The third-order valence-electron chi connectivity index (χ3n) is 2.04. The molecule has 0 saturated carbocycles. The molecule has 0 aliphatic heterocycles. The summed E-state index contributed by atoms with van der Waals surface area (Å²) in [5, 5.41) is 0.0976. The van der Waals surface area contributed by atoms with Crippen molar-refractivity contribution in [3.63, 3.8) is 0 Å². The first kappa shape index (κ1) is 9.46. The Balaban J connectivity index is 2.94. The fourth-order valence-electron chi connectivity index (χ4n) is 1.08. The van der Waals surface area contributed by atoms with Crippen molar-refractivity contribution in [2.24, 2.45) is 0 Å². The van der Waals surface area contributed by atoms with Crippen LogP contribution < -0.4 is 0 Å². The minimum atomic E-state index is 0.0976. The number of halogens is 1. The Hall–Kier alpha value is -0.630. The number of alkyl halides is 1. The van der Waals surface area contributed by atoms with E-state index in [1.807, 2.05) is 13.8 Å². The lowest BCUT2D eigenvalue weighted by molar-refractivity contribution is 0.702. The fourth-order valence-corrected chi connectivity index (χ4v) is 1.20. The van der Waals surface area contributed by atoms with Crippen LogP contribution in [0.2, 0.25) is 0 Å². The van der Waals surface area contributed by atoms with Gasteiger partial charge in [-0.2, -0.15) is 0 Å². The van der Waals surface area contributed by atoms with E-state index in [1.165, 1.54) is 0 Å². The molecule has 0 amide bonds. The lowest BCUT2D eigenvalue weighted by Crippen LogP contribution is -2.09. The highest BCUT2D eigenvalue weighted by Gasteiger charge is 2.15. The number of nitrogens with zero attached hydrogens (tertiary/aromatic N) is 2. The summed E-state index contributed by atoms with van der Waals surface area (Å²) in [7, 11) is 0. The van der Waals surface area contributed by atoms with Crippen molar-refractivity contribution >= 4 is 11.6 Å². The first-order valence-electron chi connectivity index (χ1n) is 4.04. The number of aromatic nitrogens is 2. The number of hydrogen-bond donors (Lipinski definition) is 0. The Bertz CT molecular complexity index is 260. The second-order valence-electron chi connectivity index (χ2n) is 2.99. The largest absolute Gasteiger partial charge is 0.258 e. The summed E-state index contributed by atoms with van der Waals surface area (Å²) in [5.74, 6) is 0.264. The smallest absolute Gasteiger partial charge is 0.0658 e. The first-order chi connectivity index (χ1) is 5.63. The summed E-state index contributed by atoms with van der Waals surface area (Å²) in [6, 6.07) is 0. The zero-order valence-corrected chi connectivity index (χ0v) is 8.34. The zero-order valence-electron chi connectivity index (χ0n) is 7.58. The van der Waals surface area contributed by atoms with Gasteiger partial charge in [0.2, 0.25) is 0 Å². The second-order valence-corrected chi connectivity index (χ2v) is 3.68. The maximum Gasteiger partial charge on any atom is 0.0658 e. The molecule has 1 aromatic rings. The van der Waals surface area contributed by atoms with Gasteiger partial charge in [-0.25, -0.2) is 0 Å². The molecule has 1 heterocycles. The second kappa shape index (κ2) is 3.85. The van der Waals surface area contributed by atoms with Gasteiger partial charge in [0.25, 0.3) is 0 Å². The van der Waals surface area contributed by atoms with Gasteiger partial charge in [0.05, 0.1) is 11.4 Å². The van der Waals surface area contributed by atoms with Gasteiger partial charge in [-0.05, 0) is 13.8 Å². The predicted molar refractivity (Wildman–Crippen MR) is 50.5 cm³/mol. The monoisotopic (exact) mass is 184 g/mol. The van der Waals surface area contributed by atoms with Crippen LogP contribution in [0.4, 0.5) is 0 Å². The summed E-state index contributed by atoms with van der Waals surface area (Å²) in [4.78, 5) is 8.41. The summed E-state index contributed by atoms with van der Waals surface area (Å²) in [6.45, 7) is 5.99. The van der Waals surface area contributed by atoms with Gasteiger partial charge in [-0.1, -0.05) is 6.92 Å². The predicted octanol–water partition coefficient (Wildman–Crippen LogP) is 2.52. The zero-order chi connectivity index (χ0) is 9.14. The van der Waals surface area contributed by atoms with E-state index >= 15 is 0 Å². The molecule has 0 aromatic carbocycles. The van der Waals surface area contributed by atoms with Crippen LogP contribution in [0.25, 0.3) is 0 Å². The van der Waals surface area contributed by atoms with Crippen LogP contribution in [0.1, 0.15) is 31.2 Å². The van der Waals surface area contributed by atoms with Crippen molar-refractivity contribution in [2.75, 3.05) is 0 Å². The molecule has 0 aliphatic carbocycles. The molecule has 1 aromatic heterocycles. The molecule has 0 N–H and O–H groups in total. The van der Waals surface area contributed by atoms with Crippen molar-refractivity contribution in [2.45, 2.75) is 32.1 Å². The van der Waals surface area contributed by atoms with Crippen molar-refractivity contribution in [1.29, 1.82) is 0 Å². The summed E-state index contributed by atoms with van der Waals surface area (Å²) >= 11 is 5.97. The van der Waals surface area contributed by atoms with Crippen LogP contribution in [-0.4, -0.2) is 15.3 Å². The van der Waals surface area contributed by atoms with E-state index in [2.05, 4.69) is 16.9 Å². The molecule has 0 fully saturated rings. The molecular weight excluding hydrogens is 172 g/mol. The normalized spacial score (nSPS) is 15.7. The Morgan fingerprint density at radius 2 is 1.83 bits per heavy atom. The van der Waals surface area contributed by atoms with E-state index < -0.39 is 0 Å². The SMILES string of the molecule is Cc1nccnc1C(C)C(C)Cl. The van der Waals surface area contributed by atoms with E-state index in [0.717, 1.165) is 11.4 Å². The van der Waals surface area contributed by atoms with Gasteiger partial charge in [-0.3, -0.25) is 9.97 Å². The molecule has 0 spiro atoms. The Morgan fingerprint density at radius 1 is 1.25 bits per heavy atom. The highest BCUT2D eigenvalue weighted by Crippen LogP contribution is 2.22. The summed E-state index contributed by atoms with van der Waals surface area (Å²) in [5.41, 5.74) is 1.97. The maximum atomic E-state index is 5.97. The average molecular weight is 185 g/mol. The first-order valence-corrected chi connectivity index (χ1v) is 4.48. The van der Waals surface area contributed by atoms with E-state index in [1.54, 1.807) is 12.4 Å². The summed E-state index contributed by atoms with van der Waals surface area (Å²) in [6.07, 6.45) is 3.41. The Kier molecular flexibility index (Phi) is 3.04. The van der Waals surface area contributed by atoms with Crippen LogP contribution in [-0.2, 0) is 0 Å². The lowest BCUT2D eigenvalue weighted by Gasteiger charge is -2.14. The quantitative estimate of drug-likeness (QED) is 0.661. The number of aryl methyl sites for hydroxylation is 1. The summed E-state index contributed by atoms with van der Waals surface area (Å²) < 4.78 is 0. The Labute approximate surface area is 78.0 Å². The number of rotatable bonds is 2. The minimum Gasteiger partial charge on any atom is -0.258 e.